The molecule has 2 rings (SSSR count). The monoisotopic (exact) mass is 422 g/mol. The van der Waals surface area contributed by atoms with Crippen LogP contribution in [0.5, 0.6) is 0 Å². The highest BCUT2D eigenvalue weighted by Crippen LogP contribution is 2.38. The summed E-state index contributed by atoms with van der Waals surface area (Å²) in [5.74, 6) is -0.156. The molecule has 29 heavy (non-hydrogen) atoms. The van der Waals surface area contributed by atoms with E-state index in [1.165, 1.54) is 0 Å². The van der Waals surface area contributed by atoms with Gasteiger partial charge >= 0.3 is 5.97 Å². The molecule has 1 fully saturated rings. The Balaban J connectivity index is 2.08. The van der Waals surface area contributed by atoms with Crippen LogP contribution >= 0.6 is 0 Å². The average molecular weight is 423 g/mol. The van der Waals surface area contributed by atoms with Crippen LogP contribution in [0.4, 0.5) is 0 Å². The van der Waals surface area contributed by atoms with Crippen LogP contribution in [0, 0.1) is 5.92 Å². The van der Waals surface area contributed by atoms with Crippen molar-refractivity contribution >= 4 is 14.3 Å². The first-order valence-corrected chi connectivity index (χ1v) is 13.6. The maximum atomic E-state index is 12.1. The first-order chi connectivity index (χ1) is 13.5. The van der Waals surface area contributed by atoms with Gasteiger partial charge in [0.25, 0.3) is 0 Å². The van der Waals surface area contributed by atoms with Crippen LogP contribution in [0.3, 0.4) is 0 Å². The number of benzene rings is 1. The second-order valence-corrected chi connectivity index (χ2v) is 14.2. The molecule has 0 unspecified atom stereocenters. The Kier molecular flexibility index (Phi) is 8.46. The maximum Gasteiger partial charge on any atom is 0.308 e. The van der Waals surface area contributed by atoms with Gasteiger partial charge in [-0.1, -0.05) is 58.0 Å². The van der Waals surface area contributed by atoms with Crippen LogP contribution in [0.15, 0.2) is 30.3 Å². The fraction of sp³-hybridized carbons (Fsp3) is 0.696. The molecule has 1 aromatic rings. The molecule has 6 heteroatoms. The second-order valence-electron chi connectivity index (χ2n) is 9.36. The van der Waals surface area contributed by atoms with E-state index in [4.69, 9.17) is 18.6 Å². The summed E-state index contributed by atoms with van der Waals surface area (Å²) in [6.07, 6.45) is 0.245. The summed E-state index contributed by atoms with van der Waals surface area (Å²) in [4.78, 5) is 12.1. The normalized spacial score (nSPS) is 25.6. The predicted molar refractivity (Wildman–Crippen MR) is 117 cm³/mol. The molecule has 164 valence electrons. The molecule has 0 saturated carbocycles. The third-order valence-electron chi connectivity index (χ3n) is 6.19. The fourth-order valence-corrected chi connectivity index (χ4v) is 4.26. The number of esters is 1. The maximum absolute atomic E-state index is 12.1. The molecule has 0 amide bonds. The predicted octanol–water partition coefficient (Wildman–Crippen LogP) is 5.47. The highest BCUT2D eigenvalue weighted by atomic mass is 28.4. The van der Waals surface area contributed by atoms with Crippen LogP contribution < -0.4 is 0 Å². The minimum atomic E-state index is -1.81. The Morgan fingerprint density at radius 1 is 1.10 bits per heavy atom. The summed E-state index contributed by atoms with van der Waals surface area (Å²) < 4.78 is 24.0. The van der Waals surface area contributed by atoms with Gasteiger partial charge in [0.2, 0.25) is 0 Å². The molecule has 0 aromatic heterocycles. The molecular formula is C23H38O5Si. The van der Waals surface area contributed by atoms with Crippen LogP contribution in [-0.4, -0.2) is 39.7 Å². The van der Waals surface area contributed by atoms with Crippen LogP contribution in [-0.2, 0) is 23.4 Å². The lowest BCUT2D eigenvalue weighted by Gasteiger charge is -2.41. The van der Waals surface area contributed by atoms with Crippen LogP contribution in [0.2, 0.25) is 18.1 Å². The zero-order valence-corrected chi connectivity index (χ0v) is 20.1. The van der Waals surface area contributed by atoms with E-state index in [-0.39, 0.29) is 35.6 Å². The van der Waals surface area contributed by atoms with Gasteiger partial charge in [0.1, 0.15) is 0 Å². The lowest BCUT2D eigenvalue weighted by atomic mass is 9.92. The average Bonchev–Trinajstić information content (AvgIpc) is 2.64. The van der Waals surface area contributed by atoms with Gasteiger partial charge in [-0.25, -0.2) is 0 Å². The summed E-state index contributed by atoms with van der Waals surface area (Å²) >= 11 is 0. The lowest BCUT2D eigenvalue weighted by Crippen LogP contribution is -2.45. The molecule has 5 nitrogen and oxygen atoms in total. The molecule has 1 aliphatic heterocycles. The number of carbonyl (C=O) groups is 1. The summed E-state index contributed by atoms with van der Waals surface area (Å²) in [6.45, 7) is 16.2. The summed E-state index contributed by atoms with van der Waals surface area (Å²) in [5, 5.41) is 0.175. The molecule has 0 radical (unpaired) electrons. The molecule has 1 aromatic carbocycles. The molecule has 1 heterocycles. The van der Waals surface area contributed by atoms with Gasteiger partial charge in [-0.15, -0.1) is 0 Å². The van der Waals surface area contributed by atoms with Gasteiger partial charge in [0, 0.05) is 18.1 Å². The van der Waals surface area contributed by atoms with Crippen molar-refractivity contribution in [1.82, 2.24) is 0 Å². The van der Waals surface area contributed by atoms with Crippen molar-refractivity contribution in [2.75, 3.05) is 13.2 Å². The van der Waals surface area contributed by atoms with Gasteiger partial charge in [-0.3, -0.25) is 4.79 Å². The summed E-state index contributed by atoms with van der Waals surface area (Å²) in [6, 6.07) is 9.89. The SMILES string of the molecule is CCOC(=O)C[C@H]1O[C@@H](c2ccccc2)O[C@@H](CCO[Si](C)(C)C(C)(C)C)[C@H]1C. The van der Waals surface area contributed by atoms with Crippen molar-refractivity contribution in [1.29, 1.82) is 0 Å². The minimum absolute atomic E-state index is 0.0434. The molecule has 4 atom stereocenters. The van der Waals surface area contributed by atoms with Crippen LogP contribution in [0.1, 0.15) is 59.3 Å². The van der Waals surface area contributed by atoms with E-state index < -0.39 is 14.6 Å². The van der Waals surface area contributed by atoms with Crippen molar-refractivity contribution < 1.29 is 23.4 Å². The van der Waals surface area contributed by atoms with Crippen molar-refractivity contribution in [2.24, 2.45) is 5.92 Å². The molecule has 1 saturated heterocycles. The molecule has 0 N–H and O–H groups in total. The standard InChI is InChI=1S/C23H38O5Si/c1-8-25-21(24)16-20-17(2)19(14-15-26-29(6,7)23(3,4)5)27-22(28-20)18-12-10-9-11-13-18/h9-13,17,19-20,22H,8,14-16H2,1-7H3/t17-,19+,20-,22+/m1/s1. The van der Waals surface area contributed by atoms with E-state index in [0.29, 0.717) is 13.2 Å². The van der Waals surface area contributed by atoms with Crippen molar-refractivity contribution in [2.45, 2.75) is 84.1 Å². The van der Waals surface area contributed by atoms with E-state index in [9.17, 15) is 4.79 Å². The van der Waals surface area contributed by atoms with E-state index in [1.807, 2.05) is 37.3 Å². The zero-order valence-electron chi connectivity index (χ0n) is 19.1. The molecule has 0 aliphatic carbocycles. The van der Waals surface area contributed by atoms with Crippen molar-refractivity contribution in [3.8, 4) is 0 Å². The fourth-order valence-electron chi connectivity index (χ4n) is 3.20. The Morgan fingerprint density at radius 2 is 1.72 bits per heavy atom. The number of hydrogen-bond donors (Lipinski definition) is 0. The van der Waals surface area contributed by atoms with E-state index in [2.05, 4.69) is 40.8 Å². The number of rotatable bonds is 8. The third kappa shape index (κ3) is 6.64. The molecular weight excluding hydrogens is 384 g/mol. The van der Waals surface area contributed by atoms with Gasteiger partial charge in [-0.05, 0) is 31.5 Å². The Morgan fingerprint density at radius 3 is 2.31 bits per heavy atom. The second kappa shape index (κ2) is 10.2. The minimum Gasteiger partial charge on any atom is -0.466 e. The highest BCUT2D eigenvalue weighted by Gasteiger charge is 2.40. The lowest BCUT2D eigenvalue weighted by molar-refractivity contribution is -0.273. The first-order valence-electron chi connectivity index (χ1n) is 10.7. The topological polar surface area (TPSA) is 54.0 Å². The number of ether oxygens (including phenoxy) is 3. The number of carbonyl (C=O) groups excluding carboxylic acids is 1. The van der Waals surface area contributed by atoms with Gasteiger partial charge < -0.3 is 18.6 Å². The Hall–Kier alpha value is -1.21. The van der Waals surface area contributed by atoms with Crippen molar-refractivity contribution in [3.05, 3.63) is 35.9 Å². The summed E-state index contributed by atoms with van der Waals surface area (Å²) in [5.41, 5.74) is 0.962. The van der Waals surface area contributed by atoms with E-state index in [0.717, 1.165) is 12.0 Å². The van der Waals surface area contributed by atoms with E-state index in [1.54, 1.807) is 0 Å². The number of hydrogen-bond acceptors (Lipinski definition) is 5. The Labute approximate surface area is 177 Å². The quantitative estimate of drug-likeness (QED) is 0.411. The molecule has 0 bridgehead atoms. The Bertz CT molecular complexity index is 640. The molecule has 0 spiro atoms. The highest BCUT2D eigenvalue weighted by molar-refractivity contribution is 6.74. The largest absolute Gasteiger partial charge is 0.466 e. The van der Waals surface area contributed by atoms with Crippen LogP contribution in [0.25, 0.3) is 0 Å². The van der Waals surface area contributed by atoms with Crippen molar-refractivity contribution in [3.63, 3.8) is 0 Å². The zero-order chi connectivity index (χ0) is 21.7. The first kappa shape index (κ1) is 24.1. The van der Waals surface area contributed by atoms with Gasteiger partial charge in [0.15, 0.2) is 14.6 Å². The third-order valence-corrected chi connectivity index (χ3v) is 10.7. The van der Waals surface area contributed by atoms with E-state index >= 15 is 0 Å². The summed E-state index contributed by atoms with van der Waals surface area (Å²) in [7, 11) is -1.81. The molecule has 1 aliphatic rings. The smallest absolute Gasteiger partial charge is 0.308 e. The van der Waals surface area contributed by atoms with Gasteiger partial charge in [0.05, 0.1) is 25.2 Å². The van der Waals surface area contributed by atoms with Gasteiger partial charge in [-0.2, -0.15) is 0 Å².